The number of hydrogen-bond acceptors (Lipinski definition) is 6. The molecule has 1 aromatic carbocycles. The molecule has 1 aliphatic heterocycles. The Bertz CT molecular complexity index is 1030. The minimum absolute atomic E-state index is 0.167. The van der Waals surface area contributed by atoms with Crippen molar-refractivity contribution in [2.24, 2.45) is 0 Å². The summed E-state index contributed by atoms with van der Waals surface area (Å²) in [6.45, 7) is 6.64. The van der Waals surface area contributed by atoms with Crippen LogP contribution in [0.25, 0.3) is 6.08 Å². The maximum Gasteiger partial charge on any atom is 0.335 e. The third kappa shape index (κ3) is 4.94. The number of aliphatic carboxylic acids is 2. The lowest BCUT2D eigenvalue weighted by molar-refractivity contribution is -0.148. The Labute approximate surface area is 173 Å². The molecule has 1 unspecified atom stereocenters. The Morgan fingerprint density at radius 3 is 2.27 bits per heavy atom. The monoisotopic (exact) mass is 410 g/mol. The molecule has 1 heterocycles. The normalized spacial score (nSPS) is 16.8. The van der Waals surface area contributed by atoms with Gasteiger partial charge in [0, 0.05) is 11.8 Å². The molecule has 1 atom stereocenters. The molecule has 3 N–H and O–H groups in total. The van der Waals surface area contributed by atoms with Gasteiger partial charge in [-0.2, -0.15) is 5.26 Å². The maximum atomic E-state index is 12.0. The molecule has 30 heavy (non-hydrogen) atoms. The van der Waals surface area contributed by atoms with Crippen LogP contribution in [0, 0.1) is 11.3 Å². The molecule has 2 rings (SSSR count). The Kier molecular flexibility index (Phi) is 6.47. The number of ether oxygens (including phenoxy) is 1. The van der Waals surface area contributed by atoms with Gasteiger partial charge >= 0.3 is 17.9 Å². The summed E-state index contributed by atoms with van der Waals surface area (Å²) < 4.78 is 5.23. The fourth-order valence-corrected chi connectivity index (χ4v) is 3.16. The lowest BCUT2D eigenvalue weighted by Crippen LogP contribution is -2.31. The number of rotatable bonds is 5. The first-order valence-electron chi connectivity index (χ1n) is 9.05. The number of benzene rings is 1. The van der Waals surface area contributed by atoms with E-state index in [1.807, 2.05) is 0 Å². The summed E-state index contributed by atoms with van der Waals surface area (Å²) in [6, 6.07) is 8.28. The average molecular weight is 410 g/mol. The molecule has 8 nitrogen and oxygen atoms in total. The topological polar surface area (TPSA) is 137 Å². The second-order valence-corrected chi connectivity index (χ2v) is 7.60. The van der Waals surface area contributed by atoms with E-state index in [2.05, 4.69) is 5.32 Å². The zero-order chi connectivity index (χ0) is 22.6. The van der Waals surface area contributed by atoms with Crippen molar-refractivity contribution in [3.63, 3.8) is 0 Å². The van der Waals surface area contributed by atoms with Crippen molar-refractivity contribution >= 4 is 24.0 Å². The summed E-state index contributed by atoms with van der Waals surface area (Å²) in [5.74, 6) is -4.54. The van der Waals surface area contributed by atoms with Crippen LogP contribution in [-0.4, -0.2) is 33.7 Å². The van der Waals surface area contributed by atoms with Gasteiger partial charge in [0.05, 0.1) is 17.1 Å². The third-order valence-corrected chi connectivity index (χ3v) is 4.25. The van der Waals surface area contributed by atoms with Crippen molar-refractivity contribution in [2.75, 3.05) is 0 Å². The van der Waals surface area contributed by atoms with Gasteiger partial charge in [-0.05, 0) is 44.9 Å². The van der Waals surface area contributed by atoms with Crippen LogP contribution in [0.15, 0.2) is 52.9 Å². The summed E-state index contributed by atoms with van der Waals surface area (Å²) in [4.78, 5) is 36.0. The van der Waals surface area contributed by atoms with E-state index in [4.69, 9.17) is 4.74 Å². The summed E-state index contributed by atoms with van der Waals surface area (Å²) in [6.07, 6.45) is 2.63. The number of hydrogen-bond donors (Lipinski definition) is 3. The van der Waals surface area contributed by atoms with Crippen LogP contribution in [0.5, 0.6) is 0 Å². The van der Waals surface area contributed by atoms with E-state index in [0.29, 0.717) is 11.1 Å². The van der Waals surface area contributed by atoms with Crippen molar-refractivity contribution in [3.8, 4) is 6.07 Å². The van der Waals surface area contributed by atoms with E-state index in [-0.39, 0.29) is 22.5 Å². The van der Waals surface area contributed by atoms with Crippen LogP contribution < -0.4 is 5.32 Å². The summed E-state index contributed by atoms with van der Waals surface area (Å²) in [7, 11) is 0. The van der Waals surface area contributed by atoms with Crippen LogP contribution in [0.3, 0.4) is 0 Å². The number of nitrogens with zero attached hydrogens (tertiary/aromatic N) is 1. The van der Waals surface area contributed by atoms with Crippen molar-refractivity contribution in [1.82, 2.24) is 5.32 Å². The molecular weight excluding hydrogens is 388 g/mol. The largest absolute Gasteiger partial charge is 0.478 e. The van der Waals surface area contributed by atoms with Gasteiger partial charge in [0.25, 0.3) is 0 Å². The molecule has 0 fully saturated rings. The van der Waals surface area contributed by atoms with Crippen LogP contribution in [0.4, 0.5) is 0 Å². The van der Waals surface area contributed by atoms with Crippen LogP contribution >= 0.6 is 0 Å². The molecule has 0 aliphatic carbocycles. The van der Waals surface area contributed by atoms with E-state index < -0.39 is 29.4 Å². The van der Waals surface area contributed by atoms with E-state index in [0.717, 1.165) is 0 Å². The van der Waals surface area contributed by atoms with E-state index in [9.17, 15) is 29.9 Å². The third-order valence-electron chi connectivity index (χ3n) is 4.25. The predicted octanol–water partition coefficient (Wildman–Crippen LogP) is 2.95. The number of dihydropyridines is 1. The van der Waals surface area contributed by atoms with Crippen molar-refractivity contribution in [2.45, 2.75) is 39.2 Å². The van der Waals surface area contributed by atoms with Crippen molar-refractivity contribution in [1.29, 1.82) is 5.26 Å². The number of carbonyl (C=O) groups is 3. The number of carbonyl (C=O) groups excluding carboxylic acids is 1. The van der Waals surface area contributed by atoms with Gasteiger partial charge in [-0.15, -0.1) is 0 Å². The van der Waals surface area contributed by atoms with Crippen LogP contribution in [-0.2, 0) is 19.1 Å². The van der Waals surface area contributed by atoms with Gasteiger partial charge in [0.1, 0.15) is 17.4 Å². The summed E-state index contributed by atoms with van der Waals surface area (Å²) in [5, 5.41) is 31.4. The van der Waals surface area contributed by atoms with E-state index in [1.165, 1.54) is 19.1 Å². The number of esters is 1. The maximum absolute atomic E-state index is 12.0. The highest BCUT2D eigenvalue weighted by molar-refractivity contribution is 5.99. The fraction of sp³-hybridized carbons (Fsp3) is 0.273. The number of nitriles is 1. The molecule has 0 saturated carbocycles. The Balaban J connectivity index is 2.65. The first-order valence-corrected chi connectivity index (χ1v) is 9.05. The molecular formula is C22H22N2O6. The van der Waals surface area contributed by atoms with E-state index >= 15 is 0 Å². The van der Waals surface area contributed by atoms with Crippen molar-refractivity contribution in [3.05, 3.63) is 64.0 Å². The first-order chi connectivity index (χ1) is 14.0. The van der Waals surface area contributed by atoms with Gasteiger partial charge in [0.2, 0.25) is 0 Å². The van der Waals surface area contributed by atoms with Gasteiger partial charge in [0.15, 0.2) is 0 Å². The molecule has 1 aliphatic rings. The van der Waals surface area contributed by atoms with Gasteiger partial charge in [-0.25, -0.2) is 14.4 Å². The van der Waals surface area contributed by atoms with E-state index in [1.54, 1.807) is 51.1 Å². The number of carboxylic acids is 2. The van der Waals surface area contributed by atoms with Crippen LogP contribution in [0.2, 0.25) is 0 Å². The number of nitrogens with one attached hydrogen (secondary N) is 1. The van der Waals surface area contributed by atoms with Crippen molar-refractivity contribution < 1.29 is 29.3 Å². The quantitative estimate of drug-likeness (QED) is 0.498. The average Bonchev–Trinajstić information content (AvgIpc) is 2.63. The summed E-state index contributed by atoms with van der Waals surface area (Å²) >= 11 is 0. The molecule has 0 saturated heterocycles. The van der Waals surface area contributed by atoms with Gasteiger partial charge < -0.3 is 20.3 Å². The lowest BCUT2D eigenvalue weighted by atomic mass is 9.78. The highest BCUT2D eigenvalue weighted by Gasteiger charge is 2.38. The Hall–Kier alpha value is -3.86. The second-order valence-electron chi connectivity index (χ2n) is 7.60. The molecule has 8 heteroatoms. The molecule has 0 aromatic heterocycles. The highest BCUT2D eigenvalue weighted by atomic mass is 16.6. The molecule has 0 radical (unpaired) electrons. The smallest absolute Gasteiger partial charge is 0.335 e. The Morgan fingerprint density at radius 2 is 1.73 bits per heavy atom. The zero-order valence-corrected chi connectivity index (χ0v) is 17.0. The van der Waals surface area contributed by atoms with Gasteiger partial charge in [-0.3, -0.25) is 0 Å². The minimum Gasteiger partial charge on any atom is -0.478 e. The Morgan fingerprint density at radius 1 is 1.13 bits per heavy atom. The fourth-order valence-electron chi connectivity index (χ4n) is 3.16. The first kappa shape index (κ1) is 22.4. The predicted molar refractivity (Wildman–Crippen MR) is 108 cm³/mol. The second kappa shape index (κ2) is 8.66. The summed E-state index contributed by atoms with van der Waals surface area (Å²) in [5.41, 5.74) is -0.560. The standard InChI is InChI=1S/C22H22N2O6/c1-12-17(20(26)27)18(19(21(28)29)15(11-23)24-12)14-8-6-5-7-13(14)9-10-16(25)30-22(2,3)4/h5-10,18,24H,1-4H3,(H,26,27)(H,28,29). The number of allylic oxidation sites excluding steroid dienone is 2. The van der Waals surface area contributed by atoms with Gasteiger partial charge in [-0.1, -0.05) is 24.3 Å². The van der Waals surface area contributed by atoms with Crippen LogP contribution in [0.1, 0.15) is 44.7 Å². The highest BCUT2D eigenvalue weighted by Crippen LogP contribution is 2.39. The zero-order valence-electron chi connectivity index (χ0n) is 17.0. The molecule has 0 amide bonds. The molecule has 1 aromatic rings. The molecule has 0 spiro atoms. The minimum atomic E-state index is -1.42. The lowest BCUT2D eigenvalue weighted by Gasteiger charge is -2.28. The SMILES string of the molecule is CC1=C(C(=O)O)C(c2ccccc2C=CC(=O)OC(C)(C)C)C(C(=O)O)=C(C#N)N1. The molecule has 0 bridgehead atoms. The molecule has 156 valence electrons. The number of carboxylic acid groups (broad SMARTS) is 2.